The topological polar surface area (TPSA) is 55.4 Å². The average molecular weight is 294 g/mol. The lowest BCUT2D eigenvalue weighted by Gasteiger charge is -2.16. The summed E-state index contributed by atoms with van der Waals surface area (Å²) in [7, 11) is 1.28. The van der Waals surface area contributed by atoms with Gasteiger partial charge < -0.3 is 10.1 Å². The first-order chi connectivity index (χ1) is 9.60. The number of hydrogen-bond donors (Lipinski definition) is 1. The first-order valence-electron chi connectivity index (χ1n) is 6.16. The van der Waals surface area contributed by atoms with Crippen LogP contribution >= 0.6 is 11.6 Å². The molecule has 0 fully saturated rings. The van der Waals surface area contributed by atoms with E-state index in [4.69, 9.17) is 18.0 Å². The summed E-state index contributed by atoms with van der Waals surface area (Å²) in [6, 6.07) is 5.91. The van der Waals surface area contributed by atoms with Gasteiger partial charge in [0.25, 0.3) is 5.91 Å². The Bertz CT molecular complexity index is 522. The molecule has 1 amide bonds. The smallest absolute Gasteiger partial charge is 0.328 e. The number of methoxy groups -OCH3 is 1. The van der Waals surface area contributed by atoms with E-state index in [1.807, 2.05) is 0 Å². The van der Waals surface area contributed by atoms with E-state index in [0.29, 0.717) is 29.8 Å². The van der Waals surface area contributed by atoms with Crippen LogP contribution in [0, 0.1) is 12.3 Å². The summed E-state index contributed by atoms with van der Waals surface area (Å²) in [5.41, 5.74) is 0.319. The molecule has 0 saturated heterocycles. The van der Waals surface area contributed by atoms with Crippen molar-refractivity contribution in [3.8, 4) is 12.3 Å². The van der Waals surface area contributed by atoms with E-state index in [-0.39, 0.29) is 0 Å². The molecule has 0 aromatic heterocycles. The maximum absolute atomic E-state index is 12.1. The Hall–Kier alpha value is -1.99. The van der Waals surface area contributed by atoms with Gasteiger partial charge >= 0.3 is 5.97 Å². The van der Waals surface area contributed by atoms with Gasteiger partial charge in [0.2, 0.25) is 0 Å². The number of benzene rings is 1. The molecule has 0 heterocycles. The Balaban J connectivity index is 2.74. The summed E-state index contributed by atoms with van der Waals surface area (Å²) >= 11 is 5.94. The number of halogens is 1. The Morgan fingerprint density at radius 3 is 2.75 bits per heavy atom. The predicted molar refractivity (Wildman–Crippen MR) is 77.4 cm³/mol. The molecule has 0 unspecified atom stereocenters. The summed E-state index contributed by atoms with van der Waals surface area (Å²) in [6.45, 7) is 0. The van der Waals surface area contributed by atoms with Crippen LogP contribution in [0.4, 0.5) is 0 Å². The van der Waals surface area contributed by atoms with Crippen molar-refractivity contribution in [2.75, 3.05) is 7.11 Å². The molecular weight excluding hydrogens is 278 g/mol. The van der Waals surface area contributed by atoms with Crippen molar-refractivity contribution < 1.29 is 14.3 Å². The van der Waals surface area contributed by atoms with Crippen LogP contribution < -0.4 is 5.32 Å². The molecule has 1 atom stereocenters. The predicted octanol–water partition coefficient (Wildman–Crippen LogP) is 2.41. The van der Waals surface area contributed by atoms with Crippen LogP contribution in [0.3, 0.4) is 0 Å². The third-order valence-electron chi connectivity index (χ3n) is 2.72. The zero-order chi connectivity index (χ0) is 15.0. The number of unbranched alkanes of at least 4 members (excludes halogenated alkanes) is 1. The van der Waals surface area contributed by atoms with Gasteiger partial charge in [0.1, 0.15) is 6.04 Å². The summed E-state index contributed by atoms with van der Waals surface area (Å²) in [6.07, 6.45) is 6.75. The fraction of sp³-hybridized carbons (Fsp3) is 0.333. The van der Waals surface area contributed by atoms with Gasteiger partial charge in [0, 0.05) is 6.42 Å². The first-order valence-corrected chi connectivity index (χ1v) is 6.54. The molecule has 1 aromatic rings. The second-order valence-corrected chi connectivity index (χ2v) is 4.53. The van der Waals surface area contributed by atoms with Crippen molar-refractivity contribution in [2.45, 2.75) is 25.3 Å². The van der Waals surface area contributed by atoms with E-state index in [2.05, 4.69) is 16.0 Å². The first kappa shape index (κ1) is 16.1. The number of carbonyl (C=O) groups is 2. The monoisotopic (exact) mass is 293 g/mol. The van der Waals surface area contributed by atoms with Crippen molar-refractivity contribution in [1.82, 2.24) is 5.32 Å². The van der Waals surface area contributed by atoms with E-state index in [1.165, 1.54) is 7.11 Å². The summed E-state index contributed by atoms with van der Waals surface area (Å²) in [5, 5.41) is 2.95. The van der Waals surface area contributed by atoms with Gasteiger partial charge in [-0.3, -0.25) is 4.79 Å². The van der Waals surface area contributed by atoms with Crippen molar-refractivity contribution in [3.63, 3.8) is 0 Å². The van der Waals surface area contributed by atoms with Crippen LogP contribution in [0.15, 0.2) is 24.3 Å². The molecule has 20 heavy (non-hydrogen) atoms. The lowest BCUT2D eigenvalue weighted by atomic mass is 10.1. The number of carbonyl (C=O) groups excluding carboxylic acids is 2. The summed E-state index contributed by atoms with van der Waals surface area (Å²) in [4.78, 5) is 23.7. The molecule has 0 saturated carbocycles. The quantitative estimate of drug-likeness (QED) is 0.498. The van der Waals surface area contributed by atoms with Crippen LogP contribution in [-0.4, -0.2) is 25.0 Å². The third kappa shape index (κ3) is 4.60. The fourth-order valence-electron chi connectivity index (χ4n) is 1.68. The molecule has 0 aliphatic rings. The van der Waals surface area contributed by atoms with Gasteiger partial charge in [-0.1, -0.05) is 23.7 Å². The summed E-state index contributed by atoms with van der Waals surface area (Å²) < 4.78 is 4.67. The zero-order valence-electron chi connectivity index (χ0n) is 11.2. The Morgan fingerprint density at radius 2 is 2.15 bits per heavy atom. The molecule has 0 spiro atoms. The van der Waals surface area contributed by atoms with Crippen LogP contribution in [0.25, 0.3) is 0 Å². The second kappa shape index (κ2) is 8.23. The van der Waals surface area contributed by atoms with Gasteiger partial charge in [0.15, 0.2) is 0 Å². The van der Waals surface area contributed by atoms with Gasteiger partial charge in [0.05, 0.1) is 17.7 Å². The highest BCUT2D eigenvalue weighted by molar-refractivity contribution is 6.33. The largest absolute Gasteiger partial charge is 0.467 e. The normalized spacial score (nSPS) is 11.2. The minimum absolute atomic E-state index is 0.319. The maximum Gasteiger partial charge on any atom is 0.328 e. The maximum atomic E-state index is 12.1. The molecule has 0 radical (unpaired) electrons. The number of nitrogens with one attached hydrogen (secondary N) is 1. The number of ether oxygens (including phenoxy) is 1. The number of esters is 1. The molecule has 106 valence electrons. The Kier molecular flexibility index (Phi) is 6.61. The highest BCUT2D eigenvalue weighted by Crippen LogP contribution is 2.15. The molecule has 4 nitrogen and oxygen atoms in total. The number of hydrogen-bond acceptors (Lipinski definition) is 3. The van der Waals surface area contributed by atoms with Crippen LogP contribution in [0.1, 0.15) is 29.6 Å². The van der Waals surface area contributed by atoms with Crippen LogP contribution in [0.2, 0.25) is 5.02 Å². The van der Waals surface area contributed by atoms with Gasteiger partial charge in [-0.2, -0.15) is 0 Å². The highest BCUT2D eigenvalue weighted by Gasteiger charge is 2.22. The second-order valence-electron chi connectivity index (χ2n) is 4.13. The van der Waals surface area contributed by atoms with E-state index >= 15 is 0 Å². The van der Waals surface area contributed by atoms with E-state index in [1.54, 1.807) is 24.3 Å². The minimum Gasteiger partial charge on any atom is -0.467 e. The van der Waals surface area contributed by atoms with Crippen LogP contribution in [-0.2, 0) is 9.53 Å². The SMILES string of the molecule is C#CCCC[C@@H](NC(=O)c1ccccc1Cl)C(=O)OC. The summed E-state index contributed by atoms with van der Waals surface area (Å²) in [5.74, 6) is 1.58. The van der Waals surface area contributed by atoms with E-state index < -0.39 is 17.9 Å². The number of rotatable bonds is 6. The van der Waals surface area contributed by atoms with E-state index in [9.17, 15) is 9.59 Å². The molecule has 0 aliphatic carbocycles. The van der Waals surface area contributed by atoms with Gasteiger partial charge in [-0.25, -0.2) is 4.79 Å². The number of amides is 1. The lowest BCUT2D eigenvalue weighted by molar-refractivity contribution is -0.143. The molecule has 0 aliphatic heterocycles. The highest BCUT2D eigenvalue weighted by atomic mass is 35.5. The van der Waals surface area contributed by atoms with Crippen molar-refractivity contribution >= 4 is 23.5 Å². The molecule has 1 rings (SSSR count). The Morgan fingerprint density at radius 1 is 1.45 bits per heavy atom. The minimum atomic E-state index is -0.725. The lowest BCUT2D eigenvalue weighted by Crippen LogP contribution is -2.41. The molecule has 1 aromatic carbocycles. The van der Waals surface area contributed by atoms with Crippen LogP contribution in [0.5, 0.6) is 0 Å². The molecule has 1 N–H and O–H groups in total. The average Bonchev–Trinajstić information content (AvgIpc) is 2.45. The molecular formula is C15H16ClNO3. The zero-order valence-corrected chi connectivity index (χ0v) is 11.9. The third-order valence-corrected chi connectivity index (χ3v) is 3.05. The van der Waals surface area contributed by atoms with Crippen molar-refractivity contribution in [1.29, 1.82) is 0 Å². The van der Waals surface area contributed by atoms with E-state index in [0.717, 1.165) is 0 Å². The van der Waals surface area contributed by atoms with Gasteiger partial charge in [-0.15, -0.1) is 12.3 Å². The van der Waals surface area contributed by atoms with Crippen molar-refractivity contribution in [3.05, 3.63) is 34.9 Å². The standard InChI is InChI=1S/C15H16ClNO3/c1-3-4-5-10-13(15(19)20-2)17-14(18)11-8-6-7-9-12(11)16/h1,6-9,13H,4-5,10H2,2H3,(H,17,18)/t13-/m1/s1. The number of terminal acetylenes is 1. The molecule has 5 heteroatoms. The Labute approximate surface area is 123 Å². The van der Waals surface area contributed by atoms with Gasteiger partial charge in [-0.05, 0) is 25.0 Å². The fourth-order valence-corrected chi connectivity index (χ4v) is 1.90. The van der Waals surface area contributed by atoms with Crippen molar-refractivity contribution in [2.24, 2.45) is 0 Å². The molecule has 0 bridgehead atoms.